The highest BCUT2D eigenvalue weighted by atomic mass is 32.2. The second-order valence-corrected chi connectivity index (χ2v) is 9.56. The minimum atomic E-state index is -4.52. The van der Waals surface area contributed by atoms with E-state index < -0.39 is 39.8 Å². The molecule has 1 fully saturated rings. The molecule has 2 atom stereocenters. The standard InChI is InChI=1S/C21H24F3N3O5S/c1-14-19(20(28)25-29)27(12-11-26(14)2)33(30,31)17-9-7-16(8-10-17)32-13-15-5-3-4-6-18(15)21(22,23)24/h3-10,14,19,29H,11-13H2,1-2H3,(H,25,28). The number of ether oxygens (including phenoxy) is 1. The van der Waals surface area contributed by atoms with Crippen molar-refractivity contribution in [2.75, 3.05) is 20.1 Å². The van der Waals surface area contributed by atoms with Gasteiger partial charge in [0.2, 0.25) is 10.0 Å². The number of benzene rings is 2. The molecule has 2 unspecified atom stereocenters. The molecule has 0 saturated carbocycles. The molecule has 0 spiro atoms. The molecule has 1 aliphatic heterocycles. The summed E-state index contributed by atoms with van der Waals surface area (Å²) in [7, 11) is -2.36. The first-order valence-electron chi connectivity index (χ1n) is 10.0. The summed E-state index contributed by atoms with van der Waals surface area (Å²) in [5.41, 5.74) is 0.670. The number of hydrogen-bond acceptors (Lipinski definition) is 6. The molecule has 1 heterocycles. The highest BCUT2D eigenvalue weighted by molar-refractivity contribution is 7.89. The Hall–Kier alpha value is -2.67. The van der Waals surface area contributed by atoms with Crippen LogP contribution in [-0.4, -0.2) is 61.0 Å². The van der Waals surface area contributed by atoms with Crippen molar-refractivity contribution < 1.29 is 36.3 Å². The maximum atomic E-state index is 13.2. The monoisotopic (exact) mass is 487 g/mol. The predicted octanol–water partition coefficient (Wildman–Crippen LogP) is 2.48. The van der Waals surface area contributed by atoms with Gasteiger partial charge in [-0.25, -0.2) is 13.9 Å². The van der Waals surface area contributed by atoms with Gasteiger partial charge in [-0.3, -0.25) is 10.0 Å². The third kappa shape index (κ3) is 5.29. The van der Waals surface area contributed by atoms with Gasteiger partial charge in [0, 0.05) is 24.7 Å². The molecule has 3 rings (SSSR count). The second kappa shape index (κ2) is 9.67. The van der Waals surface area contributed by atoms with Gasteiger partial charge in [-0.15, -0.1) is 0 Å². The fourth-order valence-corrected chi connectivity index (χ4v) is 5.34. The molecule has 33 heavy (non-hydrogen) atoms. The molecular weight excluding hydrogens is 463 g/mol. The first kappa shape index (κ1) is 25.0. The van der Waals surface area contributed by atoms with Crippen LogP contribution < -0.4 is 10.2 Å². The molecule has 8 nitrogen and oxygen atoms in total. The number of likely N-dealkylation sites (N-methyl/N-ethyl adjacent to an activating group) is 1. The van der Waals surface area contributed by atoms with E-state index in [1.54, 1.807) is 14.0 Å². The summed E-state index contributed by atoms with van der Waals surface area (Å²) in [6, 6.07) is 8.59. The van der Waals surface area contributed by atoms with Crippen LogP contribution in [0.1, 0.15) is 18.1 Å². The number of nitrogens with one attached hydrogen (secondary N) is 1. The van der Waals surface area contributed by atoms with E-state index in [-0.39, 0.29) is 29.4 Å². The second-order valence-electron chi connectivity index (χ2n) is 7.67. The summed E-state index contributed by atoms with van der Waals surface area (Å²) in [4.78, 5) is 13.9. The number of halogens is 3. The molecule has 12 heteroatoms. The van der Waals surface area contributed by atoms with Crippen LogP contribution in [0, 0.1) is 0 Å². The Morgan fingerprint density at radius 1 is 1.15 bits per heavy atom. The normalized spacial score (nSPS) is 20.4. The van der Waals surface area contributed by atoms with Crippen molar-refractivity contribution in [3.8, 4) is 5.75 Å². The van der Waals surface area contributed by atoms with E-state index in [1.807, 2.05) is 4.90 Å². The van der Waals surface area contributed by atoms with E-state index >= 15 is 0 Å². The number of carbonyl (C=O) groups excluding carboxylic acids is 1. The summed E-state index contributed by atoms with van der Waals surface area (Å²) in [5.74, 6) is -0.664. The molecule has 2 N–H and O–H groups in total. The van der Waals surface area contributed by atoms with Gasteiger partial charge < -0.3 is 9.64 Å². The van der Waals surface area contributed by atoms with Crippen molar-refractivity contribution in [3.05, 3.63) is 59.7 Å². The molecule has 0 aliphatic carbocycles. The molecule has 180 valence electrons. The number of piperazine rings is 1. The van der Waals surface area contributed by atoms with Crippen LogP contribution in [-0.2, 0) is 27.6 Å². The average Bonchev–Trinajstić information content (AvgIpc) is 2.78. The largest absolute Gasteiger partial charge is 0.489 e. The van der Waals surface area contributed by atoms with Crippen LogP contribution in [0.15, 0.2) is 53.4 Å². The molecule has 0 radical (unpaired) electrons. The number of rotatable bonds is 6. The fourth-order valence-electron chi connectivity index (χ4n) is 3.69. The molecule has 1 aliphatic rings. The van der Waals surface area contributed by atoms with E-state index in [9.17, 15) is 26.4 Å². The first-order chi connectivity index (χ1) is 15.5. The van der Waals surface area contributed by atoms with Gasteiger partial charge in [0.05, 0.1) is 10.5 Å². The summed E-state index contributed by atoms with van der Waals surface area (Å²) in [6.45, 7) is 1.75. The van der Waals surface area contributed by atoms with E-state index in [2.05, 4.69) is 0 Å². The zero-order chi connectivity index (χ0) is 24.4. The average molecular weight is 488 g/mol. The Labute approximate surface area is 189 Å². The van der Waals surface area contributed by atoms with E-state index in [0.717, 1.165) is 10.4 Å². The molecule has 0 bridgehead atoms. The molecule has 1 amide bonds. The topological polar surface area (TPSA) is 99.2 Å². The van der Waals surface area contributed by atoms with Crippen molar-refractivity contribution in [3.63, 3.8) is 0 Å². The van der Waals surface area contributed by atoms with Gasteiger partial charge >= 0.3 is 6.18 Å². The van der Waals surface area contributed by atoms with Crippen LogP contribution in [0.25, 0.3) is 0 Å². The third-order valence-electron chi connectivity index (χ3n) is 5.66. The number of amides is 1. The number of hydroxylamine groups is 1. The number of carbonyl (C=O) groups is 1. The van der Waals surface area contributed by atoms with Gasteiger partial charge in [0.25, 0.3) is 5.91 Å². The quantitative estimate of drug-likeness (QED) is 0.480. The number of nitrogens with zero attached hydrogens (tertiary/aromatic N) is 2. The Kier molecular flexibility index (Phi) is 7.32. The van der Waals surface area contributed by atoms with Crippen LogP contribution >= 0.6 is 0 Å². The van der Waals surface area contributed by atoms with Crippen LogP contribution in [0.2, 0.25) is 0 Å². The van der Waals surface area contributed by atoms with E-state index in [0.29, 0.717) is 6.54 Å². The molecule has 0 aromatic heterocycles. The van der Waals surface area contributed by atoms with Crippen LogP contribution in [0.4, 0.5) is 13.2 Å². The number of hydrogen-bond donors (Lipinski definition) is 2. The summed E-state index contributed by atoms with van der Waals surface area (Å²) in [5, 5.41) is 9.08. The lowest BCUT2D eigenvalue weighted by Gasteiger charge is -2.42. The lowest BCUT2D eigenvalue weighted by atomic mass is 10.1. The number of sulfonamides is 1. The van der Waals surface area contributed by atoms with Gasteiger partial charge in [-0.1, -0.05) is 18.2 Å². The summed E-state index contributed by atoms with van der Waals surface area (Å²) >= 11 is 0. The van der Waals surface area contributed by atoms with Gasteiger partial charge in [0.15, 0.2) is 0 Å². The predicted molar refractivity (Wildman–Crippen MR) is 112 cm³/mol. The smallest absolute Gasteiger partial charge is 0.416 e. The zero-order valence-corrected chi connectivity index (χ0v) is 18.7. The van der Waals surface area contributed by atoms with Crippen molar-refractivity contribution in [1.82, 2.24) is 14.7 Å². The minimum absolute atomic E-state index is 0.0355. The maximum Gasteiger partial charge on any atom is 0.416 e. The van der Waals surface area contributed by atoms with Crippen molar-refractivity contribution >= 4 is 15.9 Å². The fraction of sp³-hybridized carbons (Fsp3) is 0.381. The zero-order valence-electron chi connectivity index (χ0n) is 17.9. The molecule has 2 aromatic carbocycles. The van der Waals surface area contributed by atoms with Crippen LogP contribution in [0.3, 0.4) is 0 Å². The summed E-state index contributed by atoms with van der Waals surface area (Å²) < 4.78 is 72.2. The van der Waals surface area contributed by atoms with Gasteiger partial charge in [-0.05, 0) is 44.3 Å². The van der Waals surface area contributed by atoms with Gasteiger partial charge in [0.1, 0.15) is 18.4 Å². The van der Waals surface area contributed by atoms with E-state index in [1.165, 1.54) is 47.9 Å². The summed E-state index contributed by atoms with van der Waals surface area (Å²) in [6.07, 6.45) is -4.52. The number of alkyl halides is 3. The Bertz CT molecular complexity index is 1090. The minimum Gasteiger partial charge on any atom is -0.489 e. The molecule has 1 saturated heterocycles. The van der Waals surface area contributed by atoms with Crippen molar-refractivity contribution in [1.29, 1.82) is 0 Å². The lowest BCUT2D eigenvalue weighted by molar-refractivity contribution is -0.138. The first-order valence-corrected chi connectivity index (χ1v) is 11.4. The highest BCUT2D eigenvalue weighted by Gasteiger charge is 2.43. The Morgan fingerprint density at radius 3 is 2.39 bits per heavy atom. The SMILES string of the molecule is CC1C(C(=O)NO)N(S(=O)(=O)c2ccc(OCc3ccccc3C(F)(F)F)cc2)CCN1C. The Balaban J connectivity index is 1.79. The molecular formula is C21H24F3N3O5S. The highest BCUT2D eigenvalue weighted by Crippen LogP contribution is 2.32. The molecule has 2 aromatic rings. The Morgan fingerprint density at radius 2 is 1.79 bits per heavy atom. The van der Waals surface area contributed by atoms with Crippen molar-refractivity contribution in [2.24, 2.45) is 0 Å². The lowest BCUT2D eigenvalue weighted by Crippen LogP contribution is -2.63. The van der Waals surface area contributed by atoms with Gasteiger partial charge in [-0.2, -0.15) is 17.5 Å². The van der Waals surface area contributed by atoms with Crippen LogP contribution in [0.5, 0.6) is 5.75 Å². The third-order valence-corrected chi connectivity index (χ3v) is 7.56. The van der Waals surface area contributed by atoms with E-state index in [4.69, 9.17) is 9.94 Å². The maximum absolute atomic E-state index is 13.2. The van der Waals surface area contributed by atoms with Crippen molar-refractivity contribution in [2.45, 2.75) is 36.7 Å².